The van der Waals surface area contributed by atoms with E-state index in [4.69, 9.17) is 16.7 Å². The van der Waals surface area contributed by atoms with Gasteiger partial charge in [0.25, 0.3) is 0 Å². The molecule has 2 atom stereocenters. The number of amides is 2. The van der Waals surface area contributed by atoms with E-state index in [2.05, 4.69) is 10.6 Å². The number of carbonyl (C=O) groups excluding carboxylic acids is 1. The molecule has 104 valence electrons. The highest BCUT2D eigenvalue weighted by atomic mass is 35.5. The van der Waals surface area contributed by atoms with E-state index < -0.39 is 18.0 Å². The van der Waals surface area contributed by atoms with Gasteiger partial charge in [0.05, 0.1) is 0 Å². The van der Waals surface area contributed by atoms with Crippen molar-refractivity contribution < 1.29 is 14.7 Å². The summed E-state index contributed by atoms with van der Waals surface area (Å²) >= 11 is 5.73. The molecule has 0 saturated heterocycles. The number of nitrogens with one attached hydrogen (secondary N) is 2. The molecule has 0 aliphatic rings. The molecule has 6 heteroatoms. The van der Waals surface area contributed by atoms with Crippen molar-refractivity contribution in [3.8, 4) is 0 Å². The predicted molar refractivity (Wildman–Crippen MR) is 74.5 cm³/mol. The van der Waals surface area contributed by atoms with E-state index in [1.807, 2.05) is 6.92 Å². The highest BCUT2D eigenvalue weighted by Gasteiger charge is 2.25. The Morgan fingerprint density at radius 2 is 1.89 bits per heavy atom. The van der Waals surface area contributed by atoms with Crippen LogP contribution in [0.2, 0.25) is 5.02 Å². The molecule has 0 spiro atoms. The van der Waals surface area contributed by atoms with E-state index in [0.29, 0.717) is 17.1 Å². The van der Waals surface area contributed by atoms with E-state index in [1.54, 1.807) is 31.2 Å². The summed E-state index contributed by atoms with van der Waals surface area (Å²) in [6.45, 7) is 3.65. The lowest BCUT2D eigenvalue weighted by Crippen LogP contribution is -2.46. The minimum atomic E-state index is -1.04. The minimum Gasteiger partial charge on any atom is -0.480 e. The van der Waals surface area contributed by atoms with E-state index in [0.717, 1.165) is 0 Å². The van der Waals surface area contributed by atoms with Crippen molar-refractivity contribution in [1.29, 1.82) is 0 Å². The Morgan fingerprint density at radius 3 is 2.37 bits per heavy atom. The first-order valence-corrected chi connectivity index (χ1v) is 6.37. The molecule has 1 aromatic rings. The zero-order valence-electron chi connectivity index (χ0n) is 10.8. The Bertz CT molecular complexity index is 448. The summed E-state index contributed by atoms with van der Waals surface area (Å²) in [6, 6.07) is 5.11. The molecule has 0 bridgehead atoms. The molecule has 0 saturated carbocycles. The van der Waals surface area contributed by atoms with Crippen molar-refractivity contribution >= 4 is 29.3 Å². The van der Waals surface area contributed by atoms with Gasteiger partial charge in [0.1, 0.15) is 6.04 Å². The molecule has 0 heterocycles. The van der Waals surface area contributed by atoms with Crippen LogP contribution in [0, 0.1) is 5.92 Å². The Labute approximate surface area is 117 Å². The molecule has 0 fully saturated rings. The third kappa shape index (κ3) is 4.79. The number of carboxylic acids is 1. The Morgan fingerprint density at radius 1 is 1.32 bits per heavy atom. The van der Waals surface area contributed by atoms with Gasteiger partial charge in [-0.3, -0.25) is 0 Å². The van der Waals surface area contributed by atoms with Crippen LogP contribution in [-0.4, -0.2) is 23.1 Å². The molecular formula is C13H17ClN2O3. The van der Waals surface area contributed by atoms with Crippen molar-refractivity contribution in [3.05, 3.63) is 29.3 Å². The number of rotatable bonds is 5. The first kappa shape index (κ1) is 15.3. The van der Waals surface area contributed by atoms with Crippen LogP contribution in [0.4, 0.5) is 10.5 Å². The van der Waals surface area contributed by atoms with Crippen LogP contribution in [0.25, 0.3) is 0 Å². The zero-order chi connectivity index (χ0) is 14.4. The summed E-state index contributed by atoms with van der Waals surface area (Å²) < 4.78 is 0. The third-order valence-corrected chi connectivity index (χ3v) is 3.12. The standard InChI is InChI=1S/C13H17ClN2O3/c1-3-8(2)11(12(17)18)16-13(19)15-10-6-4-9(14)5-7-10/h4-8,11H,3H2,1-2H3,(H,17,18)(H2,15,16,19)/t8-,11-/m0/s1. The van der Waals surface area contributed by atoms with Crippen molar-refractivity contribution in [2.45, 2.75) is 26.3 Å². The number of urea groups is 1. The van der Waals surface area contributed by atoms with Crippen molar-refractivity contribution in [1.82, 2.24) is 5.32 Å². The molecule has 0 unspecified atom stereocenters. The normalized spacial score (nSPS) is 13.4. The van der Waals surface area contributed by atoms with Crippen LogP contribution in [0.1, 0.15) is 20.3 Å². The average molecular weight is 285 g/mol. The average Bonchev–Trinajstić information content (AvgIpc) is 2.37. The third-order valence-electron chi connectivity index (χ3n) is 2.87. The molecule has 2 amide bonds. The number of halogens is 1. The quantitative estimate of drug-likeness (QED) is 0.778. The fourth-order valence-corrected chi connectivity index (χ4v) is 1.65. The maximum absolute atomic E-state index is 11.7. The maximum Gasteiger partial charge on any atom is 0.326 e. The highest BCUT2D eigenvalue weighted by molar-refractivity contribution is 6.30. The smallest absolute Gasteiger partial charge is 0.326 e. The molecule has 1 rings (SSSR count). The molecular weight excluding hydrogens is 268 g/mol. The van der Waals surface area contributed by atoms with Crippen LogP contribution in [-0.2, 0) is 4.79 Å². The van der Waals surface area contributed by atoms with E-state index in [9.17, 15) is 9.59 Å². The van der Waals surface area contributed by atoms with E-state index >= 15 is 0 Å². The highest BCUT2D eigenvalue weighted by Crippen LogP contribution is 2.13. The molecule has 19 heavy (non-hydrogen) atoms. The number of aliphatic carboxylic acids is 1. The topological polar surface area (TPSA) is 78.4 Å². The van der Waals surface area contributed by atoms with Gasteiger partial charge in [-0.15, -0.1) is 0 Å². The lowest BCUT2D eigenvalue weighted by Gasteiger charge is -2.20. The molecule has 3 N–H and O–H groups in total. The van der Waals surface area contributed by atoms with E-state index in [1.165, 1.54) is 0 Å². The van der Waals surface area contributed by atoms with Crippen LogP contribution >= 0.6 is 11.6 Å². The summed E-state index contributed by atoms with van der Waals surface area (Å²) in [5.41, 5.74) is 0.551. The number of carbonyl (C=O) groups is 2. The SMILES string of the molecule is CC[C@H](C)[C@H](NC(=O)Nc1ccc(Cl)cc1)C(=O)O. The number of hydrogen-bond acceptors (Lipinski definition) is 2. The van der Waals surface area contributed by atoms with Gasteiger partial charge in [-0.1, -0.05) is 31.9 Å². The van der Waals surface area contributed by atoms with Crippen molar-refractivity contribution in [3.63, 3.8) is 0 Å². The second-order valence-electron chi connectivity index (χ2n) is 4.31. The first-order chi connectivity index (χ1) is 8.93. The molecule has 0 aromatic heterocycles. The van der Waals surface area contributed by atoms with Gasteiger partial charge in [0, 0.05) is 10.7 Å². The van der Waals surface area contributed by atoms with Crippen LogP contribution in [0.5, 0.6) is 0 Å². The second kappa shape index (κ2) is 6.99. The van der Waals surface area contributed by atoms with E-state index in [-0.39, 0.29) is 5.92 Å². The maximum atomic E-state index is 11.7. The molecule has 0 aliphatic heterocycles. The fourth-order valence-electron chi connectivity index (χ4n) is 1.52. The Kier molecular flexibility index (Phi) is 5.63. The predicted octanol–water partition coefficient (Wildman–Crippen LogP) is 2.96. The molecule has 1 aromatic carbocycles. The van der Waals surface area contributed by atoms with Gasteiger partial charge in [0.15, 0.2) is 0 Å². The molecule has 0 radical (unpaired) electrons. The number of carboxylic acid groups (broad SMARTS) is 1. The zero-order valence-corrected chi connectivity index (χ0v) is 11.6. The summed E-state index contributed by atoms with van der Waals surface area (Å²) in [5, 5.41) is 14.6. The first-order valence-electron chi connectivity index (χ1n) is 6.00. The summed E-state index contributed by atoms with van der Waals surface area (Å²) in [6.07, 6.45) is 0.665. The number of anilines is 1. The number of hydrogen-bond donors (Lipinski definition) is 3. The molecule has 0 aliphatic carbocycles. The van der Waals surface area contributed by atoms with Crippen molar-refractivity contribution in [2.75, 3.05) is 5.32 Å². The summed E-state index contributed by atoms with van der Waals surface area (Å²) in [7, 11) is 0. The Hall–Kier alpha value is -1.75. The van der Waals surface area contributed by atoms with Crippen LogP contribution in [0.15, 0.2) is 24.3 Å². The van der Waals surface area contributed by atoms with Gasteiger partial charge >= 0.3 is 12.0 Å². The fraction of sp³-hybridized carbons (Fsp3) is 0.385. The van der Waals surface area contributed by atoms with Crippen LogP contribution < -0.4 is 10.6 Å². The van der Waals surface area contributed by atoms with Gasteiger partial charge in [0.2, 0.25) is 0 Å². The Balaban J connectivity index is 2.62. The summed E-state index contributed by atoms with van der Waals surface area (Å²) in [4.78, 5) is 22.8. The monoisotopic (exact) mass is 284 g/mol. The lowest BCUT2D eigenvalue weighted by atomic mass is 9.99. The largest absolute Gasteiger partial charge is 0.480 e. The van der Waals surface area contributed by atoms with Gasteiger partial charge in [-0.25, -0.2) is 9.59 Å². The number of benzene rings is 1. The van der Waals surface area contributed by atoms with Gasteiger partial charge < -0.3 is 15.7 Å². The summed E-state index contributed by atoms with van der Waals surface area (Å²) in [5.74, 6) is -1.19. The second-order valence-corrected chi connectivity index (χ2v) is 4.74. The minimum absolute atomic E-state index is 0.145. The lowest BCUT2D eigenvalue weighted by molar-refractivity contribution is -0.140. The van der Waals surface area contributed by atoms with Crippen LogP contribution in [0.3, 0.4) is 0 Å². The molecule has 5 nitrogen and oxygen atoms in total. The van der Waals surface area contributed by atoms with Gasteiger partial charge in [-0.05, 0) is 30.2 Å². The van der Waals surface area contributed by atoms with Crippen molar-refractivity contribution in [2.24, 2.45) is 5.92 Å². The van der Waals surface area contributed by atoms with Gasteiger partial charge in [-0.2, -0.15) is 0 Å².